The Bertz CT molecular complexity index is 890. The van der Waals surface area contributed by atoms with Gasteiger partial charge in [-0.2, -0.15) is 0 Å². The summed E-state index contributed by atoms with van der Waals surface area (Å²) in [5.41, 5.74) is 1.41. The molecule has 0 amide bonds. The second-order valence-electron chi connectivity index (χ2n) is 4.60. The quantitative estimate of drug-likeness (QED) is 0.558. The van der Waals surface area contributed by atoms with Crippen molar-refractivity contribution in [2.75, 3.05) is 5.32 Å². The van der Waals surface area contributed by atoms with Crippen LogP contribution < -0.4 is 56.7 Å². The Hall–Kier alpha value is -0.734. The van der Waals surface area contributed by atoms with Gasteiger partial charge < -0.3 is 9.87 Å². The maximum atomic E-state index is 11.5. The van der Waals surface area contributed by atoms with Crippen LogP contribution in [0, 0.1) is 0 Å². The SMILES string of the molecule is O=S(=O)([O-])c1cccc2cccc(Nc3ccccc3)c12.[K+]. The molecule has 106 valence electrons. The first-order valence-corrected chi connectivity index (χ1v) is 7.76. The molecule has 0 heterocycles. The third-order valence-electron chi connectivity index (χ3n) is 3.19. The summed E-state index contributed by atoms with van der Waals surface area (Å²) in [5, 5.41) is 4.27. The molecule has 3 aromatic carbocycles. The van der Waals surface area contributed by atoms with E-state index in [1.165, 1.54) is 6.07 Å². The van der Waals surface area contributed by atoms with E-state index in [-0.39, 0.29) is 56.3 Å². The van der Waals surface area contributed by atoms with Crippen molar-refractivity contribution in [2.45, 2.75) is 4.90 Å². The Morgan fingerprint density at radius 3 is 2.09 bits per heavy atom. The fourth-order valence-corrected chi connectivity index (χ4v) is 3.02. The molecule has 22 heavy (non-hydrogen) atoms. The molecule has 1 N–H and O–H groups in total. The van der Waals surface area contributed by atoms with Crippen molar-refractivity contribution in [3.05, 3.63) is 66.7 Å². The number of fused-ring (bicyclic) bond motifs is 1. The van der Waals surface area contributed by atoms with Gasteiger partial charge in [0.1, 0.15) is 10.1 Å². The first-order chi connectivity index (χ1) is 10.1. The van der Waals surface area contributed by atoms with Crippen LogP contribution >= 0.6 is 0 Å². The zero-order valence-electron chi connectivity index (χ0n) is 12.0. The normalized spacial score (nSPS) is 11.0. The summed E-state index contributed by atoms with van der Waals surface area (Å²) >= 11 is 0. The van der Waals surface area contributed by atoms with E-state index < -0.39 is 10.1 Å². The molecule has 0 atom stereocenters. The van der Waals surface area contributed by atoms with Gasteiger partial charge in [0.05, 0.1) is 4.90 Å². The van der Waals surface area contributed by atoms with E-state index in [9.17, 15) is 13.0 Å². The van der Waals surface area contributed by atoms with Gasteiger partial charge in [-0.1, -0.05) is 42.5 Å². The zero-order chi connectivity index (χ0) is 14.9. The molecule has 0 aliphatic heterocycles. The van der Waals surface area contributed by atoms with Gasteiger partial charge in [0.15, 0.2) is 0 Å². The van der Waals surface area contributed by atoms with E-state index in [2.05, 4.69) is 5.32 Å². The largest absolute Gasteiger partial charge is 1.00 e. The topological polar surface area (TPSA) is 69.2 Å². The van der Waals surface area contributed by atoms with Gasteiger partial charge in [0, 0.05) is 16.8 Å². The number of benzene rings is 3. The number of hydrogen-bond acceptors (Lipinski definition) is 4. The minimum absolute atomic E-state index is 0. The summed E-state index contributed by atoms with van der Waals surface area (Å²) in [6.07, 6.45) is 0. The number of hydrogen-bond donors (Lipinski definition) is 1. The Morgan fingerprint density at radius 2 is 1.45 bits per heavy atom. The summed E-state index contributed by atoms with van der Waals surface area (Å²) < 4.78 is 34.4. The van der Waals surface area contributed by atoms with Gasteiger partial charge in [0.2, 0.25) is 0 Å². The van der Waals surface area contributed by atoms with Crippen LogP contribution in [0.2, 0.25) is 0 Å². The number of para-hydroxylation sites is 1. The predicted octanol–water partition coefficient (Wildman–Crippen LogP) is 0.491. The third kappa shape index (κ3) is 3.77. The molecule has 0 aliphatic carbocycles. The molecule has 0 saturated carbocycles. The number of nitrogens with one attached hydrogen (secondary N) is 1. The smallest absolute Gasteiger partial charge is 0.744 e. The predicted molar refractivity (Wildman–Crippen MR) is 81.6 cm³/mol. The maximum Gasteiger partial charge on any atom is 1.00 e. The molecule has 0 aromatic heterocycles. The van der Waals surface area contributed by atoms with Crippen molar-refractivity contribution < 1.29 is 64.4 Å². The van der Waals surface area contributed by atoms with Crippen molar-refractivity contribution in [2.24, 2.45) is 0 Å². The molecule has 3 aromatic rings. The maximum absolute atomic E-state index is 11.5. The summed E-state index contributed by atoms with van der Waals surface area (Å²) in [5.74, 6) is 0. The first kappa shape index (κ1) is 17.6. The standard InChI is InChI=1S/C16H13NO3S.K/c18-21(19,20)15-11-5-7-12-6-4-10-14(16(12)15)17-13-8-2-1-3-9-13;/h1-11,17H,(H,18,19,20);/q;+1/p-1. The van der Waals surface area contributed by atoms with Gasteiger partial charge in [-0.3, -0.25) is 0 Å². The van der Waals surface area contributed by atoms with Gasteiger partial charge in [0.25, 0.3) is 0 Å². The number of rotatable bonds is 3. The third-order valence-corrected chi connectivity index (χ3v) is 4.07. The van der Waals surface area contributed by atoms with E-state index in [0.717, 1.165) is 5.69 Å². The average molecular weight is 337 g/mol. The molecule has 4 nitrogen and oxygen atoms in total. The van der Waals surface area contributed by atoms with Crippen LogP contribution in [0.4, 0.5) is 11.4 Å². The van der Waals surface area contributed by atoms with E-state index >= 15 is 0 Å². The van der Waals surface area contributed by atoms with Crippen LogP contribution in [0.1, 0.15) is 0 Å². The fourth-order valence-electron chi connectivity index (χ4n) is 2.30. The minimum atomic E-state index is -4.53. The minimum Gasteiger partial charge on any atom is -0.744 e. The van der Waals surface area contributed by atoms with Gasteiger partial charge in [-0.05, 0) is 29.7 Å². The second-order valence-corrected chi connectivity index (χ2v) is 5.95. The van der Waals surface area contributed by atoms with Gasteiger partial charge in [-0.15, -0.1) is 0 Å². The summed E-state index contributed by atoms with van der Waals surface area (Å²) in [6, 6.07) is 19.4. The molecule has 0 aliphatic rings. The molecule has 0 spiro atoms. The Kier molecular flexibility index (Phi) is 5.79. The molecule has 0 fully saturated rings. The van der Waals surface area contributed by atoms with Crippen molar-refractivity contribution in [3.8, 4) is 0 Å². The number of anilines is 2. The molecule has 0 bridgehead atoms. The monoisotopic (exact) mass is 337 g/mol. The Labute approximate surface area is 171 Å². The van der Waals surface area contributed by atoms with Crippen LogP contribution in [0.15, 0.2) is 71.6 Å². The van der Waals surface area contributed by atoms with E-state index in [0.29, 0.717) is 16.5 Å². The summed E-state index contributed by atoms with van der Waals surface area (Å²) in [4.78, 5) is -0.209. The first-order valence-electron chi connectivity index (χ1n) is 6.35. The molecule has 0 unspecified atom stereocenters. The zero-order valence-corrected chi connectivity index (χ0v) is 15.9. The van der Waals surface area contributed by atoms with Crippen LogP contribution in [0.25, 0.3) is 10.8 Å². The van der Waals surface area contributed by atoms with E-state index in [1.807, 2.05) is 36.4 Å². The molecular formula is C16H12KNO3S. The second kappa shape index (κ2) is 7.23. The van der Waals surface area contributed by atoms with Gasteiger partial charge >= 0.3 is 51.4 Å². The van der Waals surface area contributed by atoms with Crippen LogP contribution in [-0.2, 0) is 10.1 Å². The van der Waals surface area contributed by atoms with Crippen molar-refractivity contribution in [1.82, 2.24) is 0 Å². The fraction of sp³-hybridized carbons (Fsp3) is 0. The van der Waals surface area contributed by atoms with E-state index in [1.54, 1.807) is 24.3 Å². The molecular weight excluding hydrogens is 325 g/mol. The van der Waals surface area contributed by atoms with Crippen molar-refractivity contribution in [3.63, 3.8) is 0 Å². The van der Waals surface area contributed by atoms with E-state index in [4.69, 9.17) is 0 Å². The molecule has 0 radical (unpaired) electrons. The summed E-state index contributed by atoms with van der Waals surface area (Å²) in [7, 11) is -4.53. The van der Waals surface area contributed by atoms with Gasteiger partial charge in [-0.25, -0.2) is 8.42 Å². The van der Waals surface area contributed by atoms with Crippen LogP contribution in [0.3, 0.4) is 0 Å². The van der Waals surface area contributed by atoms with Crippen molar-refractivity contribution >= 4 is 32.3 Å². The Morgan fingerprint density at radius 1 is 0.818 bits per heavy atom. The van der Waals surface area contributed by atoms with Crippen LogP contribution in [-0.4, -0.2) is 13.0 Å². The average Bonchev–Trinajstić information content (AvgIpc) is 2.47. The summed E-state index contributed by atoms with van der Waals surface area (Å²) in [6.45, 7) is 0. The molecule has 6 heteroatoms. The van der Waals surface area contributed by atoms with Crippen LogP contribution in [0.5, 0.6) is 0 Å². The molecule has 3 rings (SSSR count). The molecule has 0 saturated heterocycles. The van der Waals surface area contributed by atoms with Crippen molar-refractivity contribution in [1.29, 1.82) is 0 Å². The Balaban J connectivity index is 0.00000176.